The summed E-state index contributed by atoms with van der Waals surface area (Å²) in [5.74, 6) is 2.15. The standard InChI is InChI=1S/C14H29NO/c1-6-15-13-8-11(4)7-12(5)14(13)16-9-10(2)3/h10-15H,6-9H2,1-5H3. The topological polar surface area (TPSA) is 21.3 Å². The Hall–Kier alpha value is -0.0800. The quantitative estimate of drug-likeness (QED) is 0.779. The molecule has 0 spiro atoms. The molecular formula is C14H29NO. The highest BCUT2D eigenvalue weighted by atomic mass is 16.5. The van der Waals surface area contributed by atoms with Crippen LogP contribution in [0.5, 0.6) is 0 Å². The summed E-state index contributed by atoms with van der Waals surface area (Å²) in [6, 6.07) is 0.558. The summed E-state index contributed by atoms with van der Waals surface area (Å²) < 4.78 is 6.11. The molecule has 4 unspecified atom stereocenters. The summed E-state index contributed by atoms with van der Waals surface area (Å²) in [7, 11) is 0. The molecular weight excluding hydrogens is 198 g/mol. The van der Waals surface area contributed by atoms with Gasteiger partial charge >= 0.3 is 0 Å². The second-order valence-electron chi connectivity index (χ2n) is 5.91. The molecule has 2 heteroatoms. The molecule has 0 bridgehead atoms. The number of likely N-dealkylation sites (N-methyl/N-ethyl adjacent to an activating group) is 1. The minimum Gasteiger partial charge on any atom is -0.376 e. The predicted octanol–water partition coefficient (Wildman–Crippen LogP) is 3.07. The molecule has 0 aromatic carbocycles. The molecule has 0 aromatic rings. The van der Waals surface area contributed by atoms with E-state index in [1.54, 1.807) is 0 Å². The van der Waals surface area contributed by atoms with E-state index in [1.165, 1.54) is 12.8 Å². The van der Waals surface area contributed by atoms with Crippen molar-refractivity contribution in [2.75, 3.05) is 13.2 Å². The van der Waals surface area contributed by atoms with Gasteiger partial charge in [0.15, 0.2) is 0 Å². The van der Waals surface area contributed by atoms with Crippen molar-refractivity contribution in [3.05, 3.63) is 0 Å². The van der Waals surface area contributed by atoms with Gasteiger partial charge in [0, 0.05) is 12.6 Å². The van der Waals surface area contributed by atoms with Crippen molar-refractivity contribution in [3.63, 3.8) is 0 Å². The Labute approximate surface area is 101 Å². The fourth-order valence-electron chi connectivity index (χ4n) is 2.87. The molecule has 1 aliphatic rings. The van der Waals surface area contributed by atoms with Crippen LogP contribution >= 0.6 is 0 Å². The molecule has 0 aliphatic heterocycles. The Morgan fingerprint density at radius 3 is 2.50 bits per heavy atom. The minimum atomic E-state index is 0.415. The van der Waals surface area contributed by atoms with Crippen LogP contribution in [0.3, 0.4) is 0 Å². The Morgan fingerprint density at radius 1 is 1.25 bits per heavy atom. The van der Waals surface area contributed by atoms with Crippen molar-refractivity contribution >= 4 is 0 Å². The summed E-state index contributed by atoms with van der Waals surface area (Å²) in [6.07, 6.45) is 2.99. The second-order valence-corrected chi connectivity index (χ2v) is 5.91. The van der Waals surface area contributed by atoms with Crippen molar-refractivity contribution in [1.29, 1.82) is 0 Å². The lowest BCUT2D eigenvalue weighted by atomic mass is 9.78. The monoisotopic (exact) mass is 227 g/mol. The van der Waals surface area contributed by atoms with Crippen molar-refractivity contribution in [2.45, 2.75) is 59.6 Å². The van der Waals surface area contributed by atoms with E-state index in [4.69, 9.17) is 4.74 Å². The first-order valence-corrected chi connectivity index (χ1v) is 6.89. The molecule has 0 heterocycles. The van der Waals surface area contributed by atoms with Crippen LogP contribution in [-0.4, -0.2) is 25.3 Å². The van der Waals surface area contributed by atoms with Crippen LogP contribution in [0, 0.1) is 17.8 Å². The first-order valence-electron chi connectivity index (χ1n) is 6.89. The molecule has 1 saturated carbocycles. The summed E-state index contributed by atoms with van der Waals surface area (Å²) in [5, 5.41) is 3.59. The Balaban J connectivity index is 2.53. The van der Waals surface area contributed by atoms with Crippen LogP contribution in [0.1, 0.15) is 47.5 Å². The van der Waals surface area contributed by atoms with Gasteiger partial charge in [-0.1, -0.05) is 34.6 Å². The van der Waals surface area contributed by atoms with Gasteiger partial charge in [0.25, 0.3) is 0 Å². The summed E-state index contributed by atoms with van der Waals surface area (Å²) in [5.41, 5.74) is 0. The number of hydrogen-bond acceptors (Lipinski definition) is 2. The largest absolute Gasteiger partial charge is 0.376 e. The van der Waals surface area contributed by atoms with Crippen molar-refractivity contribution in [1.82, 2.24) is 5.32 Å². The SMILES string of the molecule is CCNC1CC(C)CC(C)C1OCC(C)C. The highest BCUT2D eigenvalue weighted by molar-refractivity contribution is 4.88. The van der Waals surface area contributed by atoms with Crippen LogP contribution in [0.2, 0.25) is 0 Å². The van der Waals surface area contributed by atoms with Gasteiger partial charge in [0.2, 0.25) is 0 Å². The first kappa shape index (κ1) is 14.0. The van der Waals surface area contributed by atoms with E-state index >= 15 is 0 Å². The maximum Gasteiger partial charge on any atom is 0.0753 e. The maximum atomic E-state index is 6.11. The minimum absolute atomic E-state index is 0.415. The zero-order valence-electron chi connectivity index (χ0n) is 11.6. The lowest BCUT2D eigenvalue weighted by molar-refractivity contribution is -0.0469. The fraction of sp³-hybridized carbons (Fsp3) is 1.00. The predicted molar refractivity (Wildman–Crippen MR) is 69.6 cm³/mol. The molecule has 1 aliphatic carbocycles. The fourth-order valence-corrected chi connectivity index (χ4v) is 2.87. The van der Waals surface area contributed by atoms with Crippen LogP contribution in [-0.2, 0) is 4.74 Å². The van der Waals surface area contributed by atoms with Crippen molar-refractivity contribution in [3.8, 4) is 0 Å². The lowest BCUT2D eigenvalue weighted by Crippen LogP contribution is -2.49. The van der Waals surface area contributed by atoms with E-state index in [-0.39, 0.29) is 0 Å². The Bertz CT molecular complexity index is 193. The van der Waals surface area contributed by atoms with Crippen LogP contribution in [0.15, 0.2) is 0 Å². The Kier molecular flexibility index (Phi) is 5.77. The van der Waals surface area contributed by atoms with Gasteiger partial charge in [0.1, 0.15) is 0 Å². The molecule has 1 fully saturated rings. The van der Waals surface area contributed by atoms with Gasteiger partial charge in [-0.05, 0) is 37.1 Å². The number of rotatable bonds is 5. The van der Waals surface area contributed by atoms with Crippen molar-refractivity contribution in [2.24, 2.45) is 17.8 Å². The third-order valence-corrected chi connectivity index (χ3v) is 3.48. The molecule has 16 heavy (non-hydrogen) atoms. The van der Waals surface area contributed by atoms with E-state index in [1.807, 2.05) is 0 Å². The van der Waals surface area contributed by atoms with Gasteiger partial charge in [-0.2, -0.15) is 0 Å². The van der Waals surface area contributed by atoms with E-state index in [0.717, 1.165) is 19.1 Å². The summed E-state index contributed by atoms with van der Waals surface area (Å²) >= 11 is 0. The van der Waals surface area contributed by atoms with Crippen molar-refractivity contribution < 1.29 is 4.74 Å². The van der Waals surface area contributed by atoms with Gasteiger partial charge in [-0.25, -0.2) is 0 Å². The van der Waals surface area contributed by atoms with E-state index in [9.17, 15) is 0 Å². The number of ether oxygens (including phenoxy) is 1. The zero-order valence-corrected chi connectivity index (χ0v) is 11.6. The number of nitrogens with one attached hydrogen (secondary N) is 1. The third-order valence-electron chi connectivity index (χ3n) is 3.48. The molecule has 0 amide bonds. The normalized spacial score (nSPS) is 35.6. The molecule has 96 valence electrons. The van der Waals surface area contributed by atoms with E-state index < -0.39 is 0 Å². The van der Waals surface area contributed by atoms with E-state index in [2.05, 4.69) is 39.9 Å². The molecule has 0 saturated heterocycles. The molecule has 0 radical (unpaired) electrons. The third kappa shape index (κ3) is 4.06. The highest BCUT2D eigenvalue weighted by Gasteiger charge is 2.34. The molecule has 1 N–H and O–H groups in total. The molecule has 1 rings (SSSR count). The van der Waals surface area contributed by atoms with Gasteiger partial charge in [-0.3, -0.25) is 0 Å². The van der Waals surface area contributed by atoms with Gasteiger partial charge < -0.3 is 10.1 Å². The van der Waals surface area contributed by atoms with Crippen LogP contribution in [0.25, 0.3) is 0 Å². The molecule has 0 aromatic heterocycles. The lowest BCUT2D eigenvalue weighted by Gasteiger charge is -2.40. The molecule has 2 nitrogen and oxygen atoms in total. The van der Waals surface area contributed by atoms with E-state index in [0.29, 0.717) is 24.0 Å². The second kappa shape index (κ2) is 6.61. The average Bonchev–Trinajstić information content (AvgIpc) is 2.16. The van der Waals surface area contributed by atoms with Crippen LogP contribution < -0.4 is 5.32 Å². The Morgan fingerprint density at radius 2 is 1.94 bits per heavy atom. The van der Waals surface area contributed by atoms with Gasteiger partial charge in [-0.15, -0.1) is 0 Å². The van der Waals surface area contributed by atoms with Crippen LogP contribution in [0.4, 0.5) is 0 Å². The van der Waals surface area contributed by atoms with Gasteiger partial charge in [0.05, 0.1) is 6.10 Å². The maximum absolute atomic E-state index is 6.11. The first-order chi connectivity index (χ1) is 7.54. The molecule has 4 atom stereocenters. The summed E-state index contributed by atoms with van der Waals surface area (Å²) in [4.78, 5) is 0. The average molecular weight is 227 g/mol. The highest BCUT2D eigenvalue weighted by Crippen LogP contribution is 2.31. The zero-order chi connectivity index (χ0) is 12.1. The summed E-state index contributed by atoms with van der Waals surface area (Å²) in [6.45, 7) is 13.3. The smallest absolute Gasteiger partial charge is 0.0753 e. The number of hydrogen-bond donors (Lipinski definition) is 1.